The molecule has 1 amide bonds. The number of aliphatic hydroxyl groups is 1. The van der Waals surface area contributed by atoms with Gasteiger partial charge >= 0.3 is 0 Å². The van der Waals surface area contributed by atoms with Crippen LogP contribution in [0, 0.1) is 6.92 Å². The van der Waals surface area contributed by atoms with Crippen LogP contribution >= 0.6 is 0 Å². The average Bonchev–Trinajstić information content (AvgIpc) is 2.83. The normalized spacial score (nSPS) is 19.0. The van der Waals surface area contributed by atoms with Crippen LogP contribution in [0.2, 0.25) is 0 Å². The molecule has 184 valence electrons. The van der Waals surface area contributed by atoms with Crippen molar-refractivity contribution in [3.05, 3.63) is 59.9 Å². The molecule has 3 aromatic rings. The van der Waals surface area contributed by atoms with E-state index >= 15 is 0 Å². The zero-order valence-corrected chi connectivity index (χ0v) is 20.9. The van der Waals surface area contributed by atoms with E-state index in [1.165, 1.54) is 0 Å². The van der Waals surface area contributed by atoms with Gasteiger partial charge in [-0.05, 0) is 59.0 Å². The van der Waals surface area contributed by atoms with Crippen LogP contribution in [0.25, 0.3) is 11.3 Å². The third-order valence-corrected chi connectivity index (χ3v) is 6.41. The molecule has 9 heteroatoms. The standard InChI is InChI=1S/C26H33N7O2/c1-16-10-22(8-9-28-16)29-24-12-23(20-11-21(14-27-13-20)26(35)32(4)5)30-25(31-24)19-7-6-17(2)33(15-19)18(3)34/h8-14,17,19,26,35H,6-7,15H2,1-5H3,(H,28,29,30,31)/t17-,19+,26?/m0/s1. The lowest BCUT2D eigenvalue weighted by Gasteiger charge is -2.37. The van der Waals surface area contributed by atoms with Crippen LogP contribution < -0.4 is 5.32 Å². The summed E-state index contributed by atoms with van der Waals surface area (Å²) in [6.45, 7) is 6.23. The summed E-state index contributed by atoms with van der Waals surface area (Å²) in [6, 6.07) is 7.84. The summed E-state index contributed by atoms with van der Waals surface area (Å²) in [6.07, 6.45) is 6.18. The highest BCUT2D eigenvalue weighted by Crippen LogP contribution is 2.32. The molecule has 2 N–H and O–H groups in total. The fourth-order valence-electron chi connectivity index (χ4n) is 4.43. The van der Waals surface area contributed by atoms with Gasteiger partial charge in [0, 0.05) is 72.6 Å². The second-order valence-electron chi connectivity index (χ2n) is 9.45. The first kappa shape index (κ1) is 24.7. The van der Waals surface area contributed by atoms with Crippen molar-refractivity contribution < 1.29 is 9.90 Å². The molecule has 35 heavy (non-hydrogen) atoms. The Labute approximate surface area is 206 Å². The zero-order valence-electron chi connectivity index (χ0n) is 20.9. The summed E-state index contributed by atoms with van der Waals surface area (Å²) >= 11 is 0. The minimum Gasteiger partial charge on any atom is -0.374 e. The Kier molecular flexibility index (Phi) is 7.37. The topological polar surface area (TPSA) is 107 Å². The van der Waals surface area contributed by atoms with E-state index in [4.69, 9.17) is 9.97 Å². The Morgan fingerprint density at radius 2 is 2.00 bits per heavy atom. The van der Waals surface area contributed by atoms with Gasteiger partial charge in [-0.3, -0.25) is 19.7 Å². The molecule has 4 rings (SSSR count). The Hall–Kier alpha value is -3.43. The monoisotopic (exact) mass is 475 g/mol. The number of anilines is 2. The molecule has 1 fully saturated rings. The third-order valence-electron chi connectivity index (χ3n) is 6.41. The van der Waals surface area contributed by atoms with E-state index in [1.54, 1.807) is 30.4 Å². The fourth-order valence-corrected chi connectivity index (χ4v) is 4.43. The molecule has 0 saturated carbocycles. The highest BCUT2D eigenvalue weighted by molar-refractivity contribution is 5.74. The number of aromatic nitrogens is 4. The number of rotatable bonds is 6. The molecule has 1 saturated heterocycles. The molecule has 3 aromatic heterocycles. The van der Waals surface area contributed by atoms with Crippen LogP contribution in [0.1, 0.15) is 55.9 Å². The molecule has 0 aliphatic carbocycles. The van der Waals surface area contributed by atoms with Gasteiger partial charge in [-0.25, -0.2) is 9.97 Å². The summed E-state index contributed by atoms with van der Waals surface area (Å²) in [5.41, 5.74) is 3.95. The number of aryl methyl sites for hydroxylation is 1. The number of nitrogens with one attached hydrogen (secondary N) is 1. The van der Waals surface area contributed by atoms with Crippen LogP contribution in [0.5, 0.6) is 0 Å². The van der Waals surface area contributed by atoms with Crippen molar-refractivity contribution in [2.75, 3.05) is 26.0 Å². The molecular weight excluding hydrogens is 442 g/mol. The second-order valence-corrected chi connectivity index (χ2v) is 9.45. The number of likely N-dealkylation sites (tertiary alicyclic amines) is 1. The number of carbonyl (C=O) groups excluding carboxylic acids is 1. The Bertz CT molecular complexity index is 1200. The summed E-state index contributed by atoms with van der Waals surface area (Å²) < 4.78 is 0. The minimum absolute atomic E-state index is 0.0262. The molecule has 1 aliphatic rings. The van der Waals surface area contributed by atoms with Crippen LogP contribution in [0.4, 0.5) is 11.5 Å². The second kappa shape index (κ2) is 10.5. The van der Waals surface area contributed by atoms with Gasteiger partial charge in [0.05, 0.1) is 5.69 Å². The molecule has 0 bridgehead atoms. The Morgan fingerprint density at radius 3 is 2.71 bits per heavy atom. The SMILES string of the molecule is CC(=O)N1C[C@H](c2nc(Nc3ccnc(C)c3)cc(-c3cncc(C(O)N(C)C)c3)n2)CC[C@@H]1C. The first-order valence-electron chi connectivity index (χ1n) is 11.9. The van der Waals surface area contributed by atoms with Crippen LogP contribution in [-0.2, 0) is 4.79 Å². The summed E-state index contributed by atoms with van der Waals surface area (Å²) in [4.78, 5) is 34.2. The number of hydrogen-bond donors (Lipinski definition) is 2. The van der Waals surface area contributed by atoms with Gasteiger partial charge in [-0.1, -0.05) is 0 Å². The minimum atomic E-state index is -0.773. The molecule has 3 atom stereocenters. The summed E-state index contributed by atoms with van der Waals surface area (Å²) in [5, 5.41) is 13.9. The Balaban J connectivity index is 1.75. The van der Waals surface area contributed by atoms with Gasteiger partial charge in [0.25, 0.3) is 0 Å². The number of hydrogen-bond acceptors (Lipinski definition) is 8. The van der Waals surface area contributed by atoms with Crippen molar-refractivity contribution in [3.63, 3.8) is 0 Å². The van der Waals surface area contributed by atoms with Crippen LogP contribution in [0.15, 0.2) is 42.9 Å². The van der Waals surface area contributed by atoms with E-state index in [0.29, 0.717) is 29.4 Å². The van der Waals surface area contributed by atoms with E-state index in [0.717, 1.165) is 29.8 Å². The van der Waals surface area contributed by atoms with Crippen molar-refractivity contribution >= 4 is 17.4 Å². The molecular formula is C26H33N7O2. The lowest BCUT2D eigenvalue weighted by atomic mass is 9.92. The van der Waals surface area contributed by atoms with E-state index in [-0.39, 0.29) is 17.9 Å². The van der Waals surface area contributed by atoms with Crippen molar-refractivity contribution in [3.8, 4) is 11.3 Å². The number of pyridine rings is 2. The van der Waals surface area contributed by atoms with E-state index in [9.17, 15) is 9.90 Å². The van der Waals surface area contributed by atoms with Crippen molar-refractivity contribution in [2.45, 2.75) is 51.8 Å². The summed E-state index contributed by atoms with van der Waals surface area (Å²) in [7, 11) is 3.62. The first-order chi connectivity index (χ1) is 16.7. The fraction of sp³-hybridized carbons (Fsp3) is 0.423. The lowest BCUT2D eigenvalue weighted by Crippen LogP contribution is -2.44. The smallest absolute Gasteiger partial charge is 0.219 e. The molecule has 1 unspecified atom stereocenters. The Morgan fingerprint density at radius 1 is 1.20 bits per heavy atom. The maximum Gasteiger partial charge on any atom is 0.219 e. The number of amides is 1. The van der Waals surface area contributed by atoms with E-state index < -0.39 is 6.23 Å². The maximum absolute atomic E-state index is 12.2. The highest BCUT2D eigenvalue weighted by atomic mass is 16.3. The maximum atomic E-state index is 12.2. The quantitative estimate of drug-likeness (QED) is 0.520. The van der Waals surface area contributed by atoms with Crippen LogP contribution in [0.3, 0.4) is 0 Å². The molecule has 1 aliphatic heterocycles. The van der Waals surface area contributed by atoms with E-state index in [1.807, 2.05) is 50.2 Å². The van der Waals surface area contributed by atoms with Crippen LogP contribution in [-0.4, -0.2) is 67.4 Å². The average molecular weight is 476 g/mol. The van der Waals surface area contributed by atoms with Gasteiger partial charge in [0.15, 0.2) is 0 Å². The van der Waals surface area contributed by atoms with Crippen molar-refractivity contribution in [1.29, 1.82) is 0 Å². The van der Waals surface area contributed by atoms with Gasteiger partial charge in [-0.2, -0.15) is 0 Å². The lowest BCUT2D eigenvalue weighted by molar-refractivity contribution is -0.132. The first-order valence-corrected chi connectivity index (χ1v) is 11.9. The molecule has 0 aromatic carbocycles. The molecule has 9 nitrogen and oxygen atoms in total. The zero-order chi connectivity index (χ0) is 25.1. The third kappa shape index (κ3) is 5.80. The molecule has 4 heterocycles. The van der Waals surface area contributed by atoms with Gasteiger partial charge in [0.2, 0.25) is 5.91 Å². The number of piperidine rings is 1. The molecule has 0 radical (unpaired) electrons. The van der Waals surface area contributed by atoms with Crippen molar-refractivity contribution in [2.24, 2.45) is 0 Å². The molecule has 0 spiro atoms. The predicted octanol–water partition coefficient (Wildman–Crippen LogP) is 3.65. The highest BCUT2D eigenvalue weighted by Gasteiger charge is 2.30. The van der Waals surface area contributed by atoms with Gasteiger partial charge in [-0.15, -0.1) is 0 Å². The van der Waals surface area contributed by atoms with Crippen molar-refractivity contribution in [1.82, 2.24) is 29.7 Å². The number of nitrogens with zero attached hydrogens (tertiary/aromatic N) is 6. The van der Waals surface area contributed by atoms with E-state index in [2.05, 4.69) is 22.2 Å². The van der Waals surface area contributed by atoms with Gasteiger partial charge < -0.3 is 15.3 Å². The number of aliphatic hydroxyl groups excluding tert-OH is 1. The van der Waals surface area contributed by atoms with Gasteiger partial charge in [0.1, 0.15) is 17.9 Å². The largest absolute Gasteiger partial charge is 0.374 e. The summed E-state index contributed by atoms with van der Waals surface area (Å²) in [5.74, 6) is 1.44. The number of carbonyl (C=O) groups is 1. The predicted molar refractivity (Wildman–Crippen MR) is 135 cm³/mol.